The number of hydrogen-bond acceptors (Lipinski definition) is 6. The molecule has 0 saturated carbocycles. The van der Waals surface area contributed by atoms with E-state index >= 15 is 0 Å². The highest BCUT2D eigenvalue weighted by Crippen LogP contribution is 2.06. The molecule has 3 aromatic rings. The van der Waals surface area contributed by atoms with Crippen LogP contribution in [0, 0.1) is 0 Å². The van der Waals surface area contributed by atoms with Gasteiger partial charge in [-0.15, -0.1) is 0 Å². The molecule has 0 radical (unpaired) electrons. The van der Waals surface area contributed by atoms with Gasteiger partial charge in [-0.2, -0.15) is 5.10 Å². The summed E-state index contributed by atoms with van der Waals surface area (Å²) >= 11 is 0. The van der Waals surface area contributed by atoms with Crippen LogP contribution in [0.15, 0.2) is 41.7 Å². The number of piperazine rings is 1. The Labute approximate surface area is 161 Å². The Balaban J connectivity index is 1.26. The van der Waals surface area contributed by atoms with Gasteiger partial charge < -0.3 is 15.2 Å². The van der Waals surface area contributed by atoms with Gasteiger partial charge in [0.1, 0.15) is 18.5 Å². The summed E-state index contributed by atoms with van der Waals surface area (Å²) in [5.41, 5.74) is 0.423. The maximum Gasteiger partial charge on any atom is 0.317 e. The predicted molar refractivity (Wildman–Crippen MR) is 103 cm³/mol. The van der Waals surface area contributed by atoms with Gasteiger partial charge in [0.15, 0.2) is 0 Å². The van der Waals surface area contributed by atoms with Gasteiger partial charge in [-0.25, -0.2) is 14.8 Å². The first-order chi connectivity index (χ1) is 13.7. The molecule has 10 heteroatoms. The lowest BCUT2D eigenvalue weighted by molar-refractivity contribution is 0.135. The SMILES string of the molecule is O=C(NCc1nc2ccccc2c(=O)[nH]1)N1CCN(CCn2cncn2)CC1. The lowest BCUT2D eigenvalue weighted by Crippen LogP contribution is -2.52. The third-order valence-corrected chi connectivity index (χ3v) is 4.84. The monoisotopic (exact) mass is 382 g/mol. The summed E-state index contributed by atoms with van der Waals surface area (Å²) in [6, 6.07) is 7.00. The van der Waals surface area contributed by atoms with Crippen LogP contribution in [-0.2, 0) is 13.1 Å². The molecule has 2 N–H and O–H groups in total. The van der Waals surface area contributed by atoms with Gasteiger partial charge in [-0.05, 0) is 12.1 Å². The number of rotatable bonds is 5. The van der Waals surface area contributed by atoms with Crippen molar-refractivity contribution >= 4 is 16.9 Å². The van der Waals surface area contributed by atoms with Gasteiger partial charge in [0.25, 0.3) is 5.56 Å². The highest BCUT2D eigenvalue weighted by molar-refractivity contribution is 5.77. The molecule has 0 spiro atoms. The van der Waals surface area contributed by atoms with E-state index in [1.165, 1.54) is 6.33 Å². The molecule has 2 aromatic heterocycles. The molecule has 0 aliphatic carbocycles. The van der Waals surface area contributed by atoms with Crippen molar-refractivity contribution in [1.82, 2.24) is 39.8 Å². The van der Waals surface area contributed by atoms with Gasteiger partial charge in [0.2, 0.25) is 0 Å². The molecular weight excluding hydrogens is 360 g/mol. The number of nitrogens with zero attached hydrogens (tertiary/aromatic N) is 6. The summed E-state index contributed by atoms with van der Waals surface area (Å²) in [5.74, 6) is 0.448. The Morgan fingerprint density at radius 1 is 1.14 bits per heavy atom. The number of benzene rings is 1. The van der Waals surface area contributed by atoms with E-state index in [9.17, 15) is 9.59 Å². The number of nitrogens with one attached hydrogen (secondary N) is 2. The summed E-state index contributed by atoms with van der Waals surface area (Å²) in [5, 5.41) is 7.48. The lowest BCUT2D eigenvalue weighted by atomic mass is 10.2. The van der Waals surface area contributed by atoms with Crippen LogP contribution >= 0.6 is 0 Å². The average molecular weight is 382 g/mol. The fourth-order valence-electron chi connectivity index (χ4n) is 3.26. The number of carbonyl (C=O) groups is 1. The average Bonchev–Trinajstić information content (AvgIpc) is 3.25. The third kappa shape index (κ3) is 4.17. The molecule has 2 amide bonds. The zero-order chi connectivity index (χ0) is 19.3. The molecule has 1 saturated heterocycles. The second-order valence-corrected chi connectivity index (χ2v) is 6.68. The van der Waals surface area contributed by atoms with E-state index in [1.807, 2.05) is 6.07 Å². The number of aromatic amines is 1. The molecule has 146 valence electrons. The summed E-state index contributed by atoms with van der Waals surface area (Å²) in [7, 11) is 0. The zero-order valence-electron chi connectivity index (χ0n) is 15.4. The summed E-state index contributed by atoms with van der Waals surface area (Å²) in [6.45, 7) is 4.79. The van der Waals surface area contributed by atoms with E-state index < -0.39 is 0 Å². The Morgan fingerprint density at radius 3 is 2.75 bits per heavy atom. The van der Waals surface area contributed by atoms with Crippen molar-refractivity contribution < 1.29 is 4.79 Å². The molecule has 0 bridgehead atoms. The molecule has 28 heavy (non-hydrogen) atoms. The van der Waals surface area contributed by atoms with Gasteiger partial charge >= 0.3 is 6.03 Å². The Kier molecular flexibility index (Phi) is 5.29. The molecule has 1 fully saturated rings. The number of H-pyrrole nitrogens is 1. The second-order valence-electron chi connectivity index (χ2n) is 6.68. The van der Waals surface area contributed by atoms with Gasteiger partial charge in [0, 0.05) is 32.7 Å². The molecule has 4 rings (SSSR count). The Morgan fingerprint density at radius 2 is 1.96 bits per heavy atom. The van der Waals surface area contributed by atoms with E-state index in [0.29, 0.717) is 29.8 Å². The molecule has 1 aromatic carbocycles. The van der Waals surface area contributed by atoms with Crippen molar-refractivity contribution in [1.29, 1.82) is 0 Å². The molecule has 1 aliphatic rings. The van der Waals surface area contributed by atoms with E-state index in [4.69, 9.17) is 0 Å². The first-order valence-corrected chi connectivity index (χ1v) is 9.24. The highest BCUT2D eigenvalue weighted by atomic mass is 16.2. The fourth-order valence-corrected chi connectivity index (χ4v) is 3.26. The molecule has 0 unspecified atom stereocenters. The fraction of sp³-hybridized carbons (Fsp3) is 0.389. The summed E-state index contributed by atoms with van der Waals surface area (Å²) < 4.78 is 1.80. The number of para-hydroxylation sites is 1. The number of amides is 2. The van der Waals surface area contributed by atoms with Crippen LogP contribution in [0.3, 0.4) is 0 Å². The van der Waals surface area contributed by atoms with Crippen LogP contribution in [0.4, 0.5) is 4.79 Å². The largest absolute Gasteiger partial charge is 0.331 e. The first kappa shape index (κ1) is 18.1. The number of fused-ring (bicyclic) bond motifs is 1. The molecular formula is C18H22N8O2. The van der Waals surface area contributed by atoms with Gasteiger partial charge in [-0.1, -0.05) is 12.1 Å². The topological polar surface area (TPSA) is 112 Å². The normalized spacial score (nSPS) is 15.1. The number of urea groups is 1. The highest BCUT2D eigenvalue weighted by Gasteiger charge is 2.21. The molecule has 10 nitrogen and oxygen atoms in total. The van der Waals surface area contributed by atoms with Crippen molar-refractivity contribution in [3.05, 3.63) is 53.1 Å². The lowest BCUT2D eigenvalue weighted by Gasteiger charge is -2.34. The predicted octanol–water partition coefficient (Wildman–Crippen LogP) is 0.0420. The number of carbonyl (C=O) groups excluding carboxylic acids is 1. The van der Waals surface area contributed by atoms with E-state index in [1.54, 1.807) is 34.1 Å². The minimum atomic E-state index is -0.198. The van der Waals surface area contributed by atoms with Gasteiger partial charge in [0.05, 0.1) is 24.0 Å². The van der Waals surface area contributed by atoms with Crippen molar-refractivity contribution in [2.75, 3.05) is 32.7 Å². The first-order valence-electron chi connectivity index (χ1n) is 9.24. The van der Waals surface area contributed by atoms with E-state index in [2.05, 4.69) is 30.3 Å². The van der Waals surface area contributed by atoms with Crippen LogP contribution in [0.25, 0.3) is 10.9 Å². The van der Waals surface area contributed by atoms with Crippen molar-refractivity contribution in [3.63, 3.8) is 0 Å². The summed E-state index contributed by atoms with van der Waals surface area (Å²) in [4.78, 5) is 39.7. The van der Waals surface area contributed by atoms with Crippen LogP contribution in [-0.4, -0.2) is 73.3 Å². The van der Waals surface area contributed by atoms with Crippen LogP contribution in [0.2, 0.25) is 0 Å². The minimum absolute atomic E-state index is 0.147. The smallest absolute Gasteiger partial charge is 0.317 e. The van der Waals surface area contributed by atoms with E-state index in [0.717, 1.165) is 26.2 Å². The standard InChI is InChI=1S/C18H22N8O2/c27-17-14-3-1-2-4-15(14)22-16(23-17)11-20-18(28)25-8-5-24(6-9-25)7-10-26-13-19-12-21-26/h1-4,12-13H,5-11H2,(H,20,28)(H,22,23,27). The molecule has 0 atom stereocenters. The quantitative estimate of drug-likeness (QED) is 0.645. The van der Waals surface area contributed by atoms with Crippen LogP contribution in [0.5, 0.6) is 0 Å². The van der Waals surface area contributed by atoms with Crippen molar-refractivity contribution in [2.24, 2.45) is 0 Å². The van der Waals surface area contributed by atoms with E-state index in [-0.39, 0.29) is 18.1 Å². The van der Waals surface area contributed by atoms with Crippen LogP contribution in [0.1, 0.15) is 5.82 Å². The third-order valence-electron chi connectivity index (χ3n) is 4.84. The van der Waals surface area contributed by atoms with Crippen molar-refractivity contribution in [3.8, 4) is 0 Å². The Hall–Kier alpha value is -3.27. The zero-order valence-corrected chi connectivity index (χ0v) is 15.4. The van der Waals surface area contributed by atoms with Crippen molar-refractivity contribution in [2.45, 2.75) is 13.1 Å². The number of hydrogen-bond donors (Lipinski definition) is 2. The maximum atomic E-state index is 12.4. The molecule has 3 heterocycles. The molecule has 1 aliphatic heterocycles. The Bertz CT molecular complexity index is 992. The summed E-state index contributed by atoms with van der Waals surface area (Å²) in [6.07, 6.45) is 3.23. The van der Waals surface area contributed by atoms with Crippen LogP contribution < -0.4 is 10.9 Å². The minimum Gasteiger partial charge on any atom is -0.331 e. The number of aromatic nitrogens is 5. The van der Waals surface area contributed by atoms with Gasteiger partial charge in [-0.3, -0.25) is 14.4 Å². The second kappa shape index (κ2) is 8.17. The maximum absolute atomic E-state index is 12.4.